The fourth-order valence-corrected chi connectivity index (χ4v) is 3.70. The monoisotopic (exact) mass is 355 g/mol. The molecule has 0 unspecified atom stereocenters. The first-order valence-corrected chi connectivity index (χ1v) is 8.98. The van der Waals surface area contributed by atoms with Gasteiger partial charge in [0.25, 0.3) is 5.69 Å². The summed E-state index contributed by atoms with van der Waals surface area (Å²) in [6.45, 7) is 5.98. The normalized spacial score (nSPS) is 19.1. The highest BCUT2D eigenvalue weighted by atomic mass is 32.2. The van der Waals surface area contributed by atoms with Crippen molar-refractivity contribution in [2.75, 3.05) is 12.3 Å². The molecule has 1 fully saturated rings. The van der Waals surface area contributed by atoms with Gasteiger partial charge in [0.15, 0.2) is 0 Å². The maximum absolute atomic E-state index is 12.4. The van der Waals surface area contributed by atoms with Gasteiger partial charge in [0.1, 0.15) is 16.8 Å². The van der Waals surface area contributed by atoms with E-state index in [9.17, 15) is 19.1 Å². The van der Waals surface area contributed by atoms with Crippen molar-refractivity contribution in [3.05, 3.63) is 28.4 Å². The maximum Gasteiger partial charge on any atom is 0.410 e. The number of carbonyl (C=O) groups excluding carboxylic acids is 1. The van der Waals surface area contributed by atoms with Crippen LogP contribution in [0.1, 0.15) is 33.6 Å². The second-order valence-corrected chi connectivity index (χ2v) is 8.04. The number of nitro groups is 1. The Morgan fingerprint density at radius 3 is 2.75 bits per heavy atom. The van der Waals surface area contributed by atoms with Crippen LogP contribution in [-0.4, -0.2) is 49.0 Å². The van der Waals surface area contributed by atoms with Crippen LogP contribution in [0.4, 0.5) is 10.5 Å². The van der Waals surface area contributed by atoms with E-state index in [0.29, 0.717) is 6.54 Å². The number of carbonyl (C=O) groups is 1. The molecule has 1 aliphatic heterocycles. The molecule has 0 spiro atoms. The highest BCUT2D eigenvalue weighted by Gasteiger charge is 2.33. The average molecular weight is 355 g/mol. The molecule has 1 aliphatic rings. The van der Waals surface area contributed by atoms with Gasteiger partial charge >= 0.3 is 6.09 Å². The third kappa shape index (κ3) is 4.73. The van der Waals surface area contributed by atoms with Crippen molar-refractivity contribution in [2.45, 2.75) is 50.3 Å². The smallest absolute Gasteiger partial charge is 0.410 e. The molecule has 1 aromatic heterocycles. The van der Waals surface area contributed by atoms with Gasteiger partial charge in [0.05, 0.1) is 21.5 Å². The highest BCUT2D eigenvalue weighted by Crippen LogP contribution is 2.23. The zero-order chi connectivity index (χ0) is 17.9. The number of amides is 1. The lowest BCUT2D eigenvalue weighted by molar-refractivity contribution is -0.385. The zero-order valence-corrected chi connectivity index (χ0v) is 14.7. The molecule has 0 aromatic carbocycles. The Morgan fingerprint density at radius 1 is 1.50 bits per heavy atom. The molecule has 0 radical (unpaired) electrons. The van der Waals surface area contributed by atoms with Crippen molar-refractivity contribution in [1.82, 2.24) is 9.88 Å². The largest absolute Gasteiger partial charge is 0.444 e. The van der Waals surface area contributed by atoms with Crippen LogP contribution in [0.15, 0.2) is 23.4 Å². The van der Waals surface area contributed by atoms with Crippen LogP contribution in [0.3, 0.4) is 0 Å². The second kappa shape index (κ2) is 7.25. The van der Waals surface area contributed by atoms with Crippen molar-refractivity contribution >= 4 is 22.6 Å². The topological polar surface area (TPSA) is 103 Å². The van der Waals surface area contributed by atoms with Gasteiger partial charge < -0.3 is 9.64 Å². The molecule has 1 amide bonds. The molecule has 24 heavy (non-hydrogen) atoms. The van der Waals surface area contributed by atoms with Crippen LogP contribution in [0.5, 0.6) is 0 Å². The molecule has 2 heterocycles. The lowest BCUT2D eigenvalue weighted by atomic mass is 10.2. The quantitative estimate of drug-likeness (QED) is 0.607. The first kappa shape index (κ1) is 18.3. The Hall–Kier alpha value is -2.03. The molecule has 0 N–H and O–H groups in total. The van der Waals surface area contributed by atoms with E-state index in [1.807, 2.05) is 0 Å². The number of ether oxygens (including phenoxy) is 1. The molecular formula is C15H21N3O5S. The zero-order valence-electron chi connectivity index (χ0n) is 13.9. The van der Waals surface area contributed by atoms with Crippen molar-refractivity contribution in [3.63, 3.8) is 0 Å². The van der Waals surface area contributed by atoms with Crippen molar-refractivity contribution in [1.29, 1.82) is 0 Å². The Bertz CT molecular complexity index is 642. The SMILES string of the molecule is CC(C)(C)OC(=O)N1CCC[C@@H]1C[S@](=O)c1ccc([N+](=O)[O-])cn1. The first-order valence-electron chi connectivity index (χ1n) is 7.66. The Labute approximate surface area is 142 Å². The molecule has 132 valence electrons. The Balaban J connectivity index is 2.02. The van der Waals surface area contributed by atoms with Crippen LogP contribution < -0.4 is 0 Å². The Morgan fingerprint density at radius 2 is 2.21 bits per heavy atom. The summed E-state index contributed by atoms with van der Waals surface area (Å²) in [7, 11) is -1.44. The minimum absolute atomic E-state index is 0.146. The molecule has 2 atom stereocenters. The fourth-order valence-electron chi connectivity index (χ4n) is 2.45. The van der Waals surface area contributed by atoms with Gasteiger partial charge in [-0.05, 0) is 39.7 Å². The molecule has 8 nitrogen and oxygen atoms in total. The minimum Gasteiger partial charge on any atom is -0.444 e. The van der Waals surface area contributed by atoms with E-state index in [-0.39, 0.29) is 22.5 Å². The lowest BCUT2D eigenvalue weighted by Crippen LogP contribution is -2.42. The number of pyridine rings is 1. The third-order valence-corrected chi connectivity index (χ3v) is 4.91. The number of aromatic nitrogens is 1. The molecule has 2 rings (SSSR count). The van der Waals surface area contributed by atoms with Crippen LogP contribution in [0.25, 0.3) is 0 Å². The number of nitrogens with zero attached hydrogens (tertiary/aromatic N) is 3. The average Bonchev–Trinajstić information content (AvgIpc) is 2.93. The lowest BCUT2D eigenvalue weighted by Gasteiger charge is -2.28. The van der Waals surface area contributed by atoms with Crippen LogP contribution in [0.2, 0.25) is 0 Å². The molecule has 1 saturated heterocycles. The van der Waals surface area contributed by atoms with E-state index in [4.69, 9.17) is 4.74 Å². The van der Waals surface area contributed by atoms with E-state index in [1.165, 1.54) is 12.1 Å². The summed E-state index contributed by atoms with van der Waals surface area (Å²) < 4.78 is 17.8. The number of likely N-dealkylation sites (tertiary alicyclic amines) is 1. The highest BCUT2D eigenvalue weighted by molar-refractivity contribution is 7.85. The van der Waals surface area contributed by atoms with Crippen LogP contribution in [-0.2, 0) is 15.5 Å². The van der Waals surface area contributed by atoms with Gasteiger partial charge in [-0.25, -0.2) is 9.78 Å². The predicted octanol–water partition coefficient (Wildman–Crippen LogP) is 2.50. The number of rotatable bonds is 4. The van der Waals surface area contributed by atoms with Crippen molar-refractivity contribution in [3.8, 4) is 0 Å². The van der Waals surface area contributed by atoms with Crippen molar-refractivity contribution < 1.29 is 18.7 Å². The summed E-state index contributed by atoms with van der Waals surface area (Å²) in [5, 5.41) is 10.9. The summed E-state index contributed by atoms with van der Waals surface area (Å²) in [4.78, 5) is 27.8. The van der Waals surface area contributed by atoms with Gasteiger partial charge in [-0.15, -0.1) is 0 Å². The van der Waals surface area contributed by atoms with Crippen LogP contribution in [0, 0.1) is 10.1 Å². The summed E-state index contributed by atoms with van der Waals surface area (Å²) in [5.74, 6) is 0.240. The predicted molar refractivity (Wildman–Crippen MR) is 88.1 cm³/mol. The summed E-state index contributed by atoms with van der Waals surface area (Å²) in [5.41, 5.74) is -0.726. The fraction of sp³-hybridized carbons (Fsp3) is 0.600. The van der Waals surface area contributed by atoms with Gasteiger partial charge in [0.2, 0.25) is 0 Å². The second-order valence-electron chi connectivity index (χ2n) is 6.59. The molecular weight excluding hydrogens is 334 g/mol. The standard InChI is InChI=1S/C15H21N3O5S/c1-15(2,3)23-14(19)17-8-4-5-12(17)10-24(22)13-7-6-11(9-16-13)18(20)21/h6-7,9,12H,4-5,8,10H2,1-3H3/t12-,24+/m1/s1. The molecule has 1 aromatic rings. The Kier molecular flexibility index (Phi) is 5.53. The summed E-state index contributed by atoms with van der Waals surface area (Å²) >= 11 is 0. The van der Waals surface area contributed by atoms with Crippen LogP contribution >= 0.6 is 0 Å². The van der Waals surface area contributed by atoms with E-state index in [0.717, 1.165) is 19.0 Å². The van der Waals surface area contributed by atoms with E-state index in [2.05, 4.69) is 4.98 Å². The van der Waals surface area contributed by atoms with Gasteiger partial charge in [-0.2, -0.15) is 0 Å². The summed E-state index contributed by atoms with van der Waals surface area (Å²) in [6, 6.07) is 2.49. The van der Waals surface area contributed by atoms with Gasteiger partial charge in [0, 0.05) is 18.7 Å². The first-order chi connectivity index (χ1) is 11.2. The minimum atomic E-state index is -1.44. The molecule has 0 aliphatic carbocycles. The molecule has 0 saturated carbocycles. The third-order valence-electron chi connectivity index (χ3n) is 3.51. The number of hydrogen-bond acceptors (Lipinski definition) is 6. The molecule has 9 heteroatoms. The maximum atomic E-state index is 12.4. The van der Waals surface area contributed by atoms with Gasteiger partial charge in [-0.3, -0.25) is 14.3 Å². The molecule has 0 bridgehead atoms. The van der Waals surface area contributed by atoms with E-state index < -0.39 is 27.4 Å². The van der Waals surface area contributed by atoms with E-state index in [1.54, 1.807) is 25.7 Å². The van der Waals surface area contributed by atoms with E-state index >= 15 is 0 Å². The van der Waals surface area contributed by atoms with Gasteiger partial charge in [-0.1, -0.05) is 0 Å². The van der Waals surface area contributed by atoms with Crippen molar-refractivity contribution in [2.24, 2.45) is 0 Å². The summed E-state index contributed by atoms with van der Waals surface area (Å²) in [6.07, 6.45) is 2.26. The number of hydrogen-bond donors (Lipinski definition) is 0.